The zero-order chi connectivity index (χ0) is 13.8. The molecule has 2 rings (SSSR count). The fraction of sp³-hybridized carbons (Fsp3) is 0.0909. The standard InChI is InChI=1S/C11H11N5O3/c12-14-11(19)7-1-2-8(13-5-7)6-16-10(18)4-3-9(17)15-16/h1-5H,6,12H2,(H,14,19)(H,15,17). The van der Waals surface area contributed by atoms with Crippen molar-refractivity contribution in [2.45, 2.75) is 6.54 Å². The zero-order valence-electron chi connectivity index (χ0n) is 9.79. The monoisotopic (exact) mass is 261 g/mol. The molecule has 0 aliphatic rings. The SMILES string of the molecule is NNC(=O)c1ccc(Cn2[nH]c(=O)ccc2=O)nc1. The van der Waals surface area contributed by atoms with Crippen LogP contribution in [0.1, 0.15) is 16.1 Å². The van der Waals surface area contributed by atoms with Gasteiger partial charge in [-0.2, -0.15) is 0 Å². The van der Waals surface area contributed by atoms with Crippen LogP contribution in [0.15, 0.2) is 40.1 Å². The average Bonchev–Trinajstić information content (AvgIpc) is 2.43. The maximum absolute atomic E-state index is 11.5. The third kappa shape index (κ3) is 2.93. The summed E-state index contributed by atoms with van der Waals surface area (Å²) in [6.45, 7) is 0.111. The van der Waals surface area contributed by atoms with E-state index < -0.39 is 5.91 Å². The average molecular weight is 261 g/mol. The summed E-state index contributed by atoms with van der Waals surface area (Å²) in [4.78, 5) is 37.8. The molecule has 8 heteroatoms. The minimum absolute atomic E-state index is 0.111. The highest BCUT2D eigenvalue weighted by Gasteiger charge is 2.05. The Bertz CT molecular complexity index is 701. The lowest BCUT2D eigenvalue weighted by molar-refractivity contribution is 0.0953. The Morgan fingerprint density at radius 1 is 1.32 bits per heavy atom. The first kappa shape index (κ1) is 12.7. The molecule has 19 heavy (non-hydrogen) atoms. The van der Waals surface area contributed by atoms with Gasteiger partial charge in [-0.05, 0) is 12.1 Å². The van der Waals surface area contributed by atoms with E-state index in [-0.39, 0.29) is 17.7 Å². The van der Waals surface area contributed by atoms with Crippen LogP contribution in [-0.4, -0.2) is 20.7 Å². The van der Waals surface area contributed by atoms with Crippen molar-refractivity contribution >= 4 is 5.91 Å². The Balaban J connectivity index is 2.24. The Morgan fingerprint density at radius 2 is 2.11 bits per heavy atom. The number of pyridine rings is 1. The van der Waals surface area contributed by atoms with Crippen LogP contribution in [0.5, 0.6) is 0 Å². The topological polar surface area (TPSA) is 123 Å². The Morgan fingerprint density at radius 3 is 2.74 bits per heavy atom. The van der Waals surface area contributed by atoms with Crippen LogP contribution in [0.2, 0.25) is 0 Å². The largest absolute Gasteiger partial charge is 0.290 e. The molecule has 98 valence electrons. The number of hydrazine groups is 1. The van der Waals surface area contributed by atoms with Crippen LogP contribution in [-0.2, 0) is 6.54 Å². The van der Waals surface area contributed by atoms with Gasteiger partial charge in [0.2, 0.25) is 0 Å². The second-order valence-corrected chi connectivity index (χ2v) is 3.75. The molecule has 0 aliphatic heterocycles. The lowest BCUT2D eigenvalue weighted by Gasteiger charge is -2.05. The molecular weight excluding hydrogens is 250 g/mol. The molecule has 0 fully saturated rings. The molecule has 2 aromatic rings. The molecule has 0 atom stereocenters. The molecule has 0 bridgehead atoms. The first-order valence-electron chi connectivity index (χ1n) is 5.36. The lowest BCUT2D eigenvalue weighted by Crippen LogP contribution is -2.30. The number of rotatable bonds is 3. The Kier molecular flexibility index (Phi) is 3.53. The number of nitrogen functional groups attached to an aromatic ring is 1. The van der Waals surface area contributed by atoms with Gasteiger partial charge < -0.3 is 0 Å². The number of carbonyl (C=O) groups excluding carboxylic acids is 1. The van der Waals surface area contributed by atoms with Gasteiger partial charge in [0.1, 0.15) is 0 Å². The van der Waals surface area contributed by atoms with Crippen molar-refractivity contribution in [2.24, 2.45) is 5.84 Å². The second kappa shape index (κ2) is 5.27. The van der Waals surface area contributed by atoms with E-state index >= 15 is 0 Å². The van der Waals surface area contributed by atoms with Gasteiger partial charge >= 0.3 is 0 Å². The van der Waals surface area contributed by atoms with Crippen LogP contribution in [0.25, 0.3) is 0 Å². The van der Waals surface area contributed by atoms with Crippen molar-refractivity contribution < 1.29 is 4.79 Å². The summed E-state index contributed by atoms with van der Waals surface area (Å²) >= 11 is 0. The van der Waals surface area contributed by atoms with E-state index in [1.807, 2.05) is 5.43 Å². The van der Waals surface area contributed by atoms with E-state index in [9.17, 15) is 14.4 Å². The molecule has 1 amide bonds. The number of nitrogens with zero attached hydrogens (tertiary/aromatic N) is 2. The maximum atomic E-state index is 11.5. The highest BCUT2D eigenvalue weighted by Crippen LogP contribution is 2.00. The van der Waals surface area contributed by atoms with Gasteiger partial charge in [-0.1, -0.05) is 0 Å². The third-order valence-electron chi connectivity index (χ3n) is 2.43. The molecule has 0 saturated carbocycles. The van der Waals surface area contributed by atoms with Gasteiger partial charge in [0.25, 0.3) is 17.0 Å². The quantitative estimate of drug-likeness (QED) is 0.355. The van der Waals surface area contributed by atoms with Crippen LogP contribution in [0.4, 0.5) is 0 Å². The number of amides is 1. The lowest BCUT2D eigenvalue weighted by atomic mass is 10.2. The van der Waals surface area contributed by atoms with Crippen molar-refractivity contribution in [1.82, 2.24) is 20.2 Å². The summed E-state index contributed by atoms with van der Waals surface area (Å²) < 4.78 is 1.13. The minimum atomic E-state index is -0.454. The number of nitrogens with two attached hydrogens (primary N) is 1. The van der Waals surface area contributed by atoms with Crippen LogP contribution in [0, 0.1) is 0 Å². The van der Waals surface area contributed by atoms with Crippen LogP contribution >= 0.6 is 0 Å². The fourth-order valence-corrected chi connectivity index (χ4v) is 1.48. The van der Waals surface area contributed by atoms with Crippen molar-refractivity contribution in [3.05, 3.63) is 62.4 Å². The van der Waals surface area contributed by atoms with Crippen LogP contribution in [0.3, 0.4) is 0 Å². The Labute approximate surface area is 106 Å². The number of carbonyl (C=O) groups is 1. The molecule has 0 aromatic carbocycles. The summed E-state index contributed by atoms with van der Waals surface area (Å²) in [5.74, 6) is 4.54. The van der Waals surface area contributed by atoms with Gasteiger partial charge in [0.15, 0.2) is 0 Å². The van der Waals surface area contributed by atoms with E-state index in [2.05, 4.69) is 10.1 Å². The van der Waals surface area contributed by atoms with Crippen LogP contribution < -0.4 is 22.4 Å². The molecular formula is C11H11N5O3. The summed E-state index contributed by atoms with van der Waals surface area (Å²) in [7, 11) is 0. The van der Waals surface area contributed by atoms with Crippen molar-refractivity contribution in [1.29, 1.82) is 0 Å². The van der Waals surface area contributed by atoms with Crippen molar-refractivity contribution in [3.8, 4) is 0 Å². The first-order valence-corrected chi connectivity index (χ1v) is 5.36. The maximum Gasteiger partial charge on any atom is 0.266 e. The summed E-state index contributed by atoms with van der Waals surface area (Å²) in [5, 5.41) is 2.38. The van der Waals surface area contributed by atoms with Gasteiger partial charge in [-0.15, -0.1) is 0 Å². The number of hydrogen-bond acceptors (Lipinski definition) is 5. The van der Waals surface area contributed by atoms with Gasteiger partial charge in [-0.3, -0.25) is 29.9 Å². The zero-order valence-corrected chi connectivity index (χ0v) is 9.79. The number of H-pyrrole nitrogens is 1. The molecule has 4 N–H and O–H groups in total. The first-order chi connectivity index (χ1) is 9.10. The van der Waals surface area contributed by atoms with Crippen molar-refractivity contribution in [2.75, 3.05) is 0 Å². The Hall–Kier alpha value is -2.74. The predicted molar refractivity (Wildman–Crippen MR) is 66.3 cm³/mol. The van der Waals surface area contributed by atoms with E-state index in [0.29, 0.717) is 11.3 Å². The van der Waals surface area contributed by atoms with Gasteiger partial charge in [-0.25, -0.2) is 10.5 Å². The number of aromatic amines is 1. The van der Waals surface area contributed by atoms with Gasteiger partial charge in [0, 0.05) is 18.3 Å². The summed E-state index contributed by atoms with van der Waals surface area (Å²) in [6, 6.07) is 5.43. The normalized spacial score (nSPS) is 10.2. The van der Waals surface area contributed by atoms with E-state index in [0.717, 1.165) is 10.7 Å². The summed E-state index contributed by atoms with van der Waals surface area (Å²) in [5.41, 5.74) is 2.10. The van der Waals surface area contributed by atoms with E-state index in [1.54, 1.807) is 6.07 Å². The van der Waals surface area contributed by atoms with E-state index in [4.69, 9.17) is 5.84 Å². The molecule has 0 radical (unpaired) electrons. The molecule has 0 saturated heterocycles. The number of aromatic nitrogens is 3. The van der Waals surface area contributed by atoms with Gasteiger partial charge in [0.05, 0.1) is 17.8 Å². The summed E-state index contributed by atoms with van der Waals surface area (Å²) in [6.07, 6.45) is 1.34. The number of hydrogen-bond donors (Lipinski definition) is 3. The molecule has 2 aromatic heterocycles. The van der Waals surface area contributed by atoms with E-state index in [1.165, 1.54) is 18.3 Å². The second-order valence-electron chi connectivity index (χ2n) is 3.75. The predicted octanol–water partition coefficient (Wildman–Crippen LogP) is -1.42. The fourth-order valence-electron chi connectivity index (χ4n) is 1.48. The van der Waals surface area contributed by atoms with Crippen molar-refractivity contribution in [3.63, 3.8) is 0 Å². The molecule has 0 aliphatic carbocycles. The third-order valence-corrected chi connectivity index (χ3v) is 2.43. The number of nitrogens with one attached hydrogen (secondary N) is 2. The molecule has 8 nitrogen and oxygen atoms in total. The molecule has 2 heterocycles. The highest BCUT2D eigenvalue weighted by molar-refractivity contribution is 5.93. The smallest absolute Gasteiger partial charge is 0.266 e. The minimum Gasteiger partial charge on any atom is -0.290 e. The highest BCUT2D eigenvalue weighted by atomic mass is 16.2. The molecule has 0 spiro atoms. The molecule has 0 unspecified atom stereocenters.